The monoisotopic (exact) mass is 221 g/mol. The Hall–Kier alpha value is -1.85. The van der Waals surface area contributed by atoms with Gasteiger partial charge in [0, 0.05) is 12.2 Å². The van der Waals surface area contributed by atoms with E-state index < -0.39 is 0 Å². The van der Waals surface area contributed by atoms with Gasteiger partial charge in [0.05, 0.1) is 0 Å². The topological polar surface area (TPSA) is 92.9 Å². The first-order chi connectivity index (χ1) is 7.65. The predicted molar refractivity (Wildman–Crippen MR) is 60.7 cm³/mol. The summed E-state index contributed by atoms with van der Waals surface area (Å²) in [5.41, 5.74) is 5.44. The quantitative estimate of drug-likeness (QED) is 0.672. The molecule has 1 aliphatic carbocycles. The Balaban J connectivity index is 1.90. The minimum atomic E-state index is -0.324. The zero-order chi connectivity index (χ0) is 11.5. The van der Waals surface area contributed by atoms with Crippen molar-refractivity contribution in [2.45, 2.75) is 31.8 Å². The van der Waals surface area contributed by atoms with Gasteiger partial charge in [-0.15, -0.1) is 0 Å². The number of hydrogen-bond donors (Lipinski definition) is 3. The fraction of sp³-hybridized carbons (Fsp3) is 0.500. The predicted octanol–water partition coefficient (Wildman–Crippen LogP) is 0.138. The molecule has 0 spiro atoms. The highest BCUT2D eigenvalue weighted by molar-refractivity contribution is 5.84. The van der Waals surface area contributed by atoms with E-state index in [4.69, 9.17) is 5.73 Å². The van der Waals surface area contributed by atoms with Gasteiger partial charge >= 0.3 is 0 Å². The number of nitrogens with two attached hydrogens (primary N) is 1. The second-order valence-electron chi connectivity index (χ2n) is 3.95. The molecule has 0 saturated heterocycles. The Morgan fingerprint density at radius 3 is 3.00 bits per heavy atom. The molecule has 2 rings (SSSR count). The van der Waals surface area contributed by atoms with E-state index >= 15 is 0 Å². The number of carbonyl (C=O) groups excluding carboxylic acids is 1. The molecule has 4 N–H and O–H groups in total. The maximum atomic E-state index is 11.6. The molecule has 16 heavy (non-hydrogen) atoms. The van der Waals surface area contributed by atoms with E-state index in [9.17, 15) is 4.79 Å². The third kappa shape index (κ3) is 2.82. The summed E-state index contributed by atoms with van der Waals surface area (Å²) in [5.74, 6) is 0.741. The number of anilines is 2. The number of hydrogen-bond acceptors (Lipinski definition) is 5. The molecule has 0 aromatic carbocycles. The smallest absolute Gasteiger partial charge is 0.242 e. The van der Waals surface area contributed by atoms with Gasteiger partial charge in [-0.05, 0) is 25.8 Å². The number of amides is 1. The number of nitrogens with zero attached hydrogens (tertiary/aromatic N) is 2. The molecule has 1 amide bonds. The number of rotatable bonds is 4. The fourth-order valence-electron chi connectivity index (χ4n) is 1.30. The number of nitrogen functional groups attached to an aromatic ring is 1. The Labute approximate surface area is 93.7 Å². The van der Waals surface area contributed by atoms with Crippen LogP contribution in [0.3, 0.4) is 0 Å². The van der Waals surface area contributed by atoms with E-state index in [2.05, 4.69) is 20.6 Å². The Bertz CT molecular complexity index is 391. The molecule has 0 radical (unpaired) electrons. The fourth-order valence-corrected chi connectivity index (χ4v) is 1.30. The molecule has 1 saturated carbocycles. The first kappa shape index (κ1) is 10.7. The normalized spacial score (nSPS) is 16.6. The first-order valence-electron chi connectivity index (χ1n) is 5.30. The van der Waals surface area contributed by atoms with Crippen LogP contribution in [0.25, 0.3) is 0 Å². The van der Waals surface area contributed by atoms with Crippen molar-refractivity contribution in [1.82, 2.24) is 15.3 Å². The van der Waals surface area contributed by atoms with E-state index in [0.29, 0.717) is 11.9 Å². The van der Waals surface area contributed by atoms with Crippen LogP contribution in [-0.4, -0.2) is 28.0 Å². The average molecular weight is 221 g/mol. The van der Waals surface area contributed by atoms with E-state index in [1.807, 2.05) is 0 Å². The Kier molecular flexibility index (Phi) is 2.89. The van der Waals surface area contributed by atoms with Crippen molar-refractivity contribution in [3.8, 4) is 0 Å². The SMILES string of the molecule is CC(Nc1ccnc(N)n1)C(=O)NC1CC1. The summed E-state index contributed by atoms with van der Waals surface area (Å²) < 4.78 is 0. The van der Waals surface area contributed by atoms with Crippen molar-refractivity contribution >= 4 is 17.7 Å². The molecule has 1 unspecified atom stereocenters. The summed E-state index contributed by atoms with van der Waals surface area (Å²) in [5, 5.41) is 5.88. The van der Waals surface area contributed by atoms with E-state index in [1.54, 1.807) is 19.2 Å². The van der Waals surface area contributed by atoms with Crippen molar-refractivity contribution in [2.75, 3.05) is 11.1 Å². The number of aromatic nitrogens is 2. The lowest BCUT2D eigenvalue weighted by atomic mass is 10.3. The first-order valence-corrected chi connectivity index (χ1v) is 5.30. The molecule has 1 aromatic heterocycles. The van der Waals surface area contributed by atoms with Crippen LogP contribution in [0.5, 0.6) is 0 Å². The van der Waals surface area contributed by atoms with Gasteiger partial charge in [-0.3, -0.25) is 4.79 Å². The number of carbonyl (C=O) groups is 1. The average Bonchev–Trinajstić information content (AvgIpc) is 3.01. The number of nitrogens with one attached hydrogen (secondary N) is 2. The van der Waals surface area contributed by atoms with Crippen LogP contribution >= 0.6 is 0 Å². The minimum absolute atomic E-state index is 0.0142. The summed E-state index contributed by atoms with van der Waals surface area (Å²) in [6, 6.07) is 1.72. The molecule has 1 aliphatic rings. The largest absolute Gasteiger partial charge is 0.368 e. The van der Waals surface area contributed by atoms with Crippen LogP contribution in [0.2, 0.25) is 0 Å². The summed E-state index contributed by atoms with van der Waals surface area (Å²) in [6.45, 7) is 1.79. The third-order valence-corrected chi connectivity index (χ3v) is 2.36. The van der Waals surface area contributed by atoms with Gasteiger partial charge in [0.15, 0.2) is 0 Å². The van der Waals surface area contributed by atoms with Gasteiger partial charge < -0.3 is 16.4 Å². The van der Waals surface area contributed by atoms with Gasteiger partial charge in [-0.1, -0.05) is 0 Å². The Morgan fingerprint density at radius 2 is 2.38 bits per heavy atom. The van der Waals surface area contributed by atoms with Gasteiger partial charge in [0.1, 0.15) is 11.9 Å². The molecule has 1 aromatic rings. The third-order valence-electron chi connectivity index (χ3n) is 2.36. The van der Waals surface area contributed by atoms with Crippen molar-refractivity contribution in [1.29, 1.82) is 0 Å². The molecular formula is C10H15N5O. The van der Waals surface area contributed by atoms with Crippen LogP contribution in [0.15, 0.2) is 12.3 Å². The Morgan fingerprint density at radius 1 is 1.62 bits per heavy atom. The standard InChI is InChI=1S/C10H15N5O/c1-6(9(16)14-7-2-3-7)13-8-4-5-12-10(11)15-8/h4-7H,2-3H2,1H3,(H,14,16)(H3,11,12,13,15). The molecule has 6 nitrogen and oxygen atoms in total. The van der Waals surface area contributed by atoms with Crippen LogP contribution in [0, 0.1) is 0 Å². The molecule has 1 fully saturated rings. The van der Waals surface area contributed by atoms with Crippen molar-refractivity contribution in [3.05, 3.63) is 12.3 Å². The summed E-state index contributed by atoms with van der Waals surface area (Å²) in [7, 11) is 0. The lowest BCUT2D eigenvalue weighted by Gasteiger charge is -2.14. The van der Waals surface area contributed by atoms with Crippen molar-refractivity contribution in [2.24, 2.45) is 0 Å². The van der Waals surface area contributed by atoms with Crippen molar-refractivity contribution in [3.63, 3.8) is 0 Å². The lowest BCUT2D eigenvalue weighted by Crippen LogP contribution is -2.38. The molecule has 1 heterocycles. The maximum Gasteiger partial charge on any atom is 0.242 e. The van der Waals surface area contributed by atoms with Gasteiger partial charge in [-0.2, -0.15) is 4.98 Å². The molecule has 6 heteroatoms. The van der Waals surface area contributed by atoms with Crippen molar-refractivity contribution < 1.29 is 4.79 Å². The van der Waals surface area contributed by atoms with Gasteiger partial charge in [-0.25, -0.2) is 4.98 Å². The molecule has 86 valence electrons. The van der Waals surface area contributed by atoms with Crippen LogP contribution in [-0.2, 0) is 4.79 Å². The molecule has 1 atom stereocenters. The summed E-state index contributed by atoms with van der Waals surface area (Å²) in [6.07, 6.45) is 3.72. The van der Waals surface area contributed by atoms with Gasteiger partial charge in [0.2, 0.25) is 11.9 Å². The highest BCUT2D eigenvalue weighted by Crippen LogP contribution is 2.18. The highest BCUT2D eigenvalue weighted by atomic mass is 16.2. The van der Waals surface area contributed by atoms with Crippen LogP contribution in [0.4, 0.5) is 11.8 Å². The summed E-state index contributed by atoms with van der Waals surface area (Å²) in [4.78, 5) is 19.4. The zero-order valence-corrected chi connectivity index (χ0v) is 9.10. The van der Waals surface area contributed by atoms with E-state index in [0.717, 1.165) is 12.8 Å². The van der Waals surface area contributed by atoms with Crippen LogP contribution < -0.4 is 16.4 Å². The molecule has 0 bridgehead atoms. The maximum absolute atomic E-state index is 11.6. The second-order valence-corrected chi connectivity index (χ2v) is 3.95. The van der Waals surface area contributed by atoms with E-state index in [-0.39, 0.29) is 17.9 Å². The van der Waals surface area contributed by atoms with Gasteiger partial charge in [0.25, 0.3) is 0 Å². The second kappa shape index (κ2) is 4.34. The summed E-state index contributed by atoms with van der Waals surface area (Å²) >= 11 is 0. The van der Waals surface area contributed by atoms with Crippen LogP contribution in [0.1, 0.15) is 19.8 Å². The molecule has 0 aliphatic heterocycles. The molecular weight excluding hydrogens is 206 g/mol. The zero-order valence-electron chi connectivity index (χ0n) is 9.10. The lowest BCUT2D eigenvalue weighted by molar-refractivity contribution is -0.121. The minimum Gasteiger partial charge on any atom is -0.368 e. The van der Waals surface area contributed by atoms with E-state index in [1.165, 1.54) is 0 Å². The highest BCUT2D eigenvalue weighted by Gasteiger charge is 2.25.